The highest BCUT2D eigenvalue weighted by Gasteiger charge is 2.42. The summed E-state index contributed by atoms with van der Waals surface area (Å²) >= 11 is 0. The van der Waals surface area contributed by atoms with Crippen LogP contribution in [0.25, 0.3) is 0 Å². The number of halogens is 3. The molecule has 1 aromatic rings. The Hall–Kier alpha value is -1.20. The van der Waals surface area contributed by atoms with Crippen LogP contribution in [0.5, 0.6) is 0 Å². The van der Waals surface area contributed by atoms with Gasteiger partial charge in [-0.25, -0.2) is 0 Å². The summed E-state index contributed by atoms with van der Waals surface area (Å²) in [5.41, 5.74) is 6.69. The Morgan fingerprint density at radius 3 is 2.35 bits per heavy atom. The molecule has 1 aliphatic carbocycles. The molecule has 0 amide bonds. The summed E-state index contributed by atoms with van der Waals surface area (Å²) in [7, 11) is 0. The van der Waals surface area contributed by atoms with Crippen LogP contribution in [-0.4, -0.2) is 11.3 Å². The molecule has 0 radical (unpaired) electrons. The molecular weight excluding hydrogens is 269 g/mol. The van der Waals surface area contributed by atoms with Crippen molar-refractivity contribution < 1.29 is 17.7 Å². The van der Waals surface area contributed by atoms with Gasteiger partial charge in [-0.3, -0.25) is 0 Å². The van der Waals surface area contributed by atoms with E-state index in [-0.39, 0.29) is 18.8 Å². The predicted molar refractivity (Wildman–Crippen MR) is 70.2 cm³/mol. The van der Waals surface area contributed by atoms with Crippen LogP contribution >= 0.6 is 0 Å². The van der Waals surface area contributed by atoms with Crippen LogP contribution in [0.2, 0.25) is 0 Å². The van der Waals surface area contributed by atoms with E-state index in [2.05, 4.69) is 19.0 Å². The molecule has 0 atom stereocenters. The molecule has 0 aliphatic heterocycles. The summed E-state index contributed by atoms with van der Waals surface area (Å²) in [5.74, 6) is 0.338. The molecule has 1 heterocycles. The van der Waals surface area contributed by atoms with Crippen LogP contribution in [0, 0.1) is 11.8 Å². The van der Waals surface area contributed by atoms with Crippen molar-refractivity contribution in [2.24, 2.45) is 11.8 Å². The molecule has 1 aromatic heterocycles. The second-order valence-corrected chi connectivity index (χ2v) is 6.10. The third-order valence-corrected chi connectivity index (χ3v) is 4.02. The van der Waals surface area contributed by atoms with Crippen molar-refractivity contribution in [3.05, 3.63) is 11.3 Å². The van der Waals surface area contributed by atoms with Crippen LogP contribution in [0.4, 0.5) is 19.0 Å². The van der Waals surface area contributed by atoms with Crippen LogP contribution in [0.1, 0.15) is 56.8 Å². The van der Waals surface area contributed by atoms with Gasteiger partial charge in [-0.15, -0.1) is 0 Å². The highest BCUT2D eigenvalue weighted by molar-refractivity contribution is 5.42. The lowest BCUT2D eigenvalue weighted by Crippen LogP contribution is -2.27. The normalized spacial score (nSPS) is 24.3. The van der Waals surface area contributed by atoms with Gasteiger partial charge < -0.3 is 10.3 Å². The molecule has 0 saturated heterocycles. The Morgan fingerprint density at radius 2 is 1.85 bits per heavy atom. The lowest BCUT2D eigenvalue weighted by atomic mass is 9.79. The zero-order chi connectivity index (χ0) is 14.9. The van der Waals surface area contributed by atoms with Gasteiger partial charge in [0.15, 0.2) is 5.82 Å². The molecule has 3 nitrogen and oxygen atoms in total. The van der Waals surface area contributed by atoms with Gasteiger partial charge in [0.25, 0.3) is 0 Å². The maximum absolute atomic E-state index is 12.7. The van der Waals surface area contributed by atoms with Gasteiger partial charge in [0, 0.05) is 11.5 Å². The molecule has 6 heteroatoms. The van der Waals surface area contributed by atoms with Crippen molar-refractivity contribution in [1.29, 1.82) is 0 Å². The minimum Gasteiger partial charge on any atom is -0.381 e. The van der Waals surface area contributed by atoms with Gasteiger partial charge >= 0.3 is 6.18 Å². The predicted octanol–water partition coefficient (Wildman–Crippen LogP) is 4.29. The van der Waals surface area contributed by atoms with Gasteiger partial charge in [-0.2, -0.15) is 13.2 Å². The number of hydrogen-bond acceptors (Lipinski definition) is 3. The molecular formula is C14H21F3N2O. The van der Waals surface area contributed by atoms with Gasteiger partial charge in [0.1, 0.15) is 5.76 Å². The van der Waals surface area contributed by atoms with Crippen LogP contribution in [0.3, 0.4) is 0 Å². The fourth-order valence-corrected chi connectivity index (χ4v) is 2.95. The Kier molecular flexibility index (Phi) is 4.30. The van der Waals surface area contributed by atoms with Gasteiger partial charge in [0.2, 0.25) is 0 Å². The standard InChI is InChI=1S/C14H21F3N2O/c1-8(2)7-11-12(20-19-13(11)18)9-3-5-10(6-4-9)14(15,16)17/h8-10H,3-7H2,1-2H3,(H2,18,19). The molecule has 0 aromatic carbocycles. The topological polar surface area (TPSA) is 52.0 Å². The van der Waals surface area contributed by atoms with E-state index in [1.54, 1.807) is 0 Å². The summed E-state index contributed by atoms with van der Waals surface area (Å²) in [6.45, 7) is 4.13. The first kappa shape index (κ1) is 15.2. The molecule has 0 unspecified atom stereocenters. The number of hydrogen-bond donors (Lipinski definition) is 1. The van der Waals surface area contributed by atoms with E-state index in [1.807, 2.05) is 0 Å². The molecule has 1 aliphatic rings. The van der Waals surface area contributed by atoms with Gasteiger partial charge in [0.05, 0.1) is 5.92 Å². The number of rotatable bonds is 3. The second-order valence-electron chi connectivity index (χ2n) is 6.10. The van der Waals surface area contributed by atoms with Crippen molar-refractivity contribution in [2.75, 3.05) is 5.73 Å². The molecule has 20 heavy (non-hydrogen) atoms. The fraction of sp³-hybridized carbons (Fsp3) is 0.786. The molecule has 2 rings (SSSR count). The summed E-state index contributed by atoms with van der Waals surface area (Å²) in [6.07, 6.45) is -2.02. The largest absolute Gasteiger partial charge is 0.391 e. The first-order valence-corrected chi connectivity index (χ1v) is 7.09. The number of alkyl halides is 3. The summed E-state index contributed by atoms with van der Waals surface area (Å²) in [5, 5.41) is 3.79. The Bertz CT molecular complexity index is 446. The van der Waals surface area contributed by atoms with Gasteiger partial charge in [-0.05, 0) is 38.0 Å². The van der Waals surface area contributed by atoms with Crippen molar-refractivity contribution in [3.8, 4) is 0 Å². The monoisotopic (exact) mass is 290 g/mol. The number of anilines is 1. The van der Waals surface area contributed by atoms with Crippen molar-refractivity contribution in [2.45, 2.75) is 58.0 Å². The van der Waals surface area contributed by atoms with Gasteiger partial charge in [-0.1, -0.05) is 19.0 Å². The van der Waals surface area contributed by atoms with E-state index in [9.17, 15) is 13.2 Å². The average Bonchev–Trinajstić information content (AvgIpc) is 2.70. The summed E-state index contributed by atoms with van der Waals surface area (Å²) in [6, 6.07) is 0. The highest BCUT2D eigenvalue weighted by atomic mass is 19.4. The summed E-state index contributed by atoms with van der Waals surface area (Å²) < 4.78 is 43.3. The molecule has 0 bridgehead atoms. The zero-order valence-electron chi connectivity index (χ0n) is 11.8. The van der Waals surface area contributed by atoms with Crippen molar-refractivity contribution >= 4 is 5.82 Å². The maximum atomic E-state index is 12.7. The van der Waals surface area contributed by atoms with E-state index in [0.29, 0.717) is 30.3 Å². The molecule has 0 spiro atoms. The quantitative estimate of drug-likeness (QED) is 0.903. The Balaban J connectivity index is 2.07. The number of nitrogens with zero attached hydrogens (tertiary/aromatic N) is 1. The van der Waals surface area contributed by atoms with E-state index in [4.69, 9.17) is 10.3 Å². The van der Waals surface area contributed by atoms with E-state index < -0.39 is 12.1 Å². The lowest BCUT2D eigenvalue weighted by Gasteiger charge is -2.29. The maximum Gasteiger partial charge on any atom is 0.391 e. The number of aromatic nitrogens is 1. The van der Waals surface area contributed by atoms with Crippen molar-refractivity contribution in [3.63, 3.8) is 0 Å². The number of nitrogen functional groups attached to an aromatic ring is 1. The second kappa shape index (κ2) is 5.66. The average molecular weight is 290 g/mol. The summed E-state index contributed by atoms with van der Waals surface area (Å²) in [4.78, 5) is 0. The van der Waals surface area contributed by atoms with E-state index >= 15 is 0 Å². The molecule has 2 N–H and O–H groups in total. The third-order valence-electron chi connectivity index (χ3n) is 4.02. The first-order valence-electron chi connectivity index (χ1n) is 7.09. The smallest absolute Gasteiger partial charge is 0.381 e. The van der Waals surface area contributed by atoms with E-state index in [0.717, 1.165) is 12.0 Å². The van der Waals surface area contributed by atoms with E-state index in [1.165, 1.54) is 0 Å². The Morgan fingerprint density at radius 1 is 1.25 bits per heavy atom. The third kappa shape index (κ3) is 3.27. The Labute approximate surface area is 116 Å². The molecule has 114 valence electrons. The first-order chi connectivity index (χ1) is 9.29. The van der Waals surface area contributed by atoms with Crippen LogP contribution in [0.15, 0.2) is 4.52 Å². The zero-order valence-corrected chi connectivity index (χ0v) is 11.8. The van der Waals surface area contributed by atoms with Crippen molar-refractivity contribution in [1.82, 2.24) is 5.16 Å². The lowest BCUT2D eigenvalue weighted by molar-refractivity contribution is -0.182. The van der Waals surface area contributed by atoms with Crippen LogP contribution < -0.4 is 5.73 Å². The minimum absolute atomic E-state index is 0.0205. The molecule has 1 fully saturated rings. The highest BCUT2D eigenvalue weighted by Crippen LogP contribution is 2.44. The SMILES string of the molecule is CC(C)Cc1c(N)noc1C1CCC(C(F)(F)F)CC1. The van der Waals surface area contributed by atoms with Crippen LogP contribution in [-0.2, 0) is 6.42 Å². The number of nitrogens with two attached hydrogens (primary N) is 1. The molecule has 1 saturated carbocycles. The fourth-order valence-electron chi connectivity index (χ4n) is 2.95. The minimum atomic E-state index is -4.08.